The number of hydrogen-bond acceptors (Lipinski definition) is 0. The van der Waals surface area contributed by atoms with E-state index < -0.39 is 16.0 Å². The van der Waals surface area contributed by atoms with Gasteiger partial charge >= 0.3 is 5.51 Å². The molecule has 0 bridgehead atoms. The molecule has 3 rings (SSSR count). The normalized spacial score (nSPS) is 17.3. The zero-order valence-corrected chi connectivity index (χ0v) is 14.5. The smallest absolute Gasteiger partial charge is 0.600 e. The van der Waals surface area contributed by atoms with Crippen molar-refractivity contribution < 1.29 is 25.6 Å². The van der Waals surface area contributed by atoms with E-state index in [0.717, 1.165) is 30.2 Å². The van der Waals surface area contributed by atoms with Crippen LogP contribution in [0.1, 0.15) is 56.4 Å². The molecule has 0 aliphatic heterocycles. The summed E-state index contributed by atoms with van der Waals surface area (Å²) in [5.74, 6) is 0.139. The molecule has 2 aromatic rings. The van der Waals surface area contributed by atoms with Gasteiger partial charge in [-0.25, -0.2) is 0 Å². The van der Waals surface area contributed by atoms with Crippen molar-refractivity contribution in [1.29, 1.82) is 0 Å². The summed E-state index contributed by atoms with van der Waals surface area (Å²) < 4.78 is 41.3. The molecule has 1 aromatic heterocycles. The van der Waals surface area contributed by atoms with Gasteiger partial charge in [0.05, 0.1) is 10.5 Å². The fourth-order valence-corrected chi connectivity index (χ4v) is 5.06. The number of benzene rings is 1. The number of hydrogen-bond donors (Lipinski definition) is 0. The highest BCUT2D eigenvalue weighted by atomic mass is 35.5. The van der Waals surface area contributed by atoms with Crippen molar-refractivity contribution in [3.8, 4) is 0 Å². The largest absolute Gasteiger partial charge is 1.00 e. The van der Waals surface area contributed by atoms with Crippen LogP contribution in [0, 0.1) is 0 Å². The first-order valence-corrected chi connectivity index (χ1v) is 8.57. The van der Waals surface area contributed by atoms with Crippen LogP contribution in [0.4, 0.5) is 13.2 Å². The Morgan fingerprint density at radius 1 is 1.05 bits per heavy atom. The van der Waals surface area contributed by atoms with E-state index in [2.05, 4.69) is 0 Å². The molecule has 0 nitrogen and oxygen atoms in total. The molecule has 1 fully saturated rings. The van der Waals surface area contributed by atoms with Gasteiger partial charge in [-0.3, -0.25) is 0 Å². The summed E-state index contributed by atoms with van der Waals surface area (Å²) in [6, 6.07) is 7.43. The fraction of sp³-hybridized carbons (Fsp3) is 0.529. The number of halogens is 4. The third-order valence-corrected chi connectivity index (χ3v) is 6.55. The summed E-state index contributed by atoms with van der Waals surface area (Å²) in [4.78, 5) is 0.620. The minimum Gasteiger partial charge on any atom is -1.00 e. The predicted octanol–water partition coefficient (Wildman–Crippen LogP) is 3.63. The van der Waals surface area contributed by atoms with Gasteiger partial charge in [0.1, 0.15) is 0 Å². The van der Waals surface area contributed by atoms with E-state index in [-0.39, 0.29) is 23.7 Å². The first-order chi connectivity index (χ1) is 9.68. The van der Waals surface area contributed by atoms with Crippen LogP contribution in [0.2, 0.25) is 0 Å². The molecular formula is C17H20ClF3S. The molecule has 1 saturated carbocycles. The van der Waals surface area contributed by atoms with E-state index in [4.69, 9.17) is 0 Å². The van der Waals surface area contributed by atoms with Gasteiger partial charge < -0.3 is 12.4 Å². The van der Waals surface area contributed by atoms with Gasteiger partial charge in [-0.05, 0) is 29.9 Å². The maximum atomic E-state index is 13.6. The maximum absolute atomic E-state index is 13.6. The highest BCUT2D eigenvalue weighted by Crippen LogP contribution is 2.56. The van der Waals surface area contributed by atoms with Crippen LogP contribution in [0.5, 0.6) is 0 Å². The molecule has 0 amide bonds. The summed E-state index contributed by atoms with van der Waals surface area (Å²) in [6.07, 6.45) is 2.87. The Labute approximate surface area is 138 Å². The van der Waals surface area contributed by atoms with Gasteiger partial charge in [0.15, 0.2) is 9.58 Å². The Morgan fingerprint density at radius 2 is 1.68 bits per heavy atom. The van der Waals surface area contributed by atoms with Crippen molar-refractivity contribution in [2.75, 3.05) is 0 Å². The summed E-state index contributed by atoms with van der Waals surface area (Å²) >= 11 is 0. The Hall–Kier alpha value is -0.740. The van der Waals surface area contributed by atoms with E-state index in [1.807, 2.05) is 39.0 Å². The van der Waals surface area contributed by atoms with Crippen molar-refractivity contribution in [2.24, 2.45) is 0 Å². The van der Waals surface area contributed by atoms with Crippen LogP contribution in [0.15, 0.2) is 24.3 Å². The lowest BCUT2D eigenvalue weighted by atomic mass is 9.84. The standard InChI is InChI=1S/C17H20F3S.ClH/c1-16(2,3)13-8-7-12-9-14(11-5-4-6-11)21(15(12)10-13)17(18,19)20;/h7-11H,4-6H2,1-3H3;1H/q+1;/p-1. The van der Waals surface area contributed by atoms with Gasteiger partial charge in [-0.15, -0.1) is 13.2 Å². The quantitative estimate of drug-likeness (QED) is 0.690. The molecule has 0 spiro atoms. The van der Waals surface area contributed by atoms with Crippen LogP contribution >= 0.6 is 10.5 Å². The molecule has 1 aliphatic rings. The average molecular weight is 349 g/mol. The van der Waals surface area contributed by atoms with Crippen molar-refractivity contribution in [1.82, 2.24) is 0 Å². The topological polar surface area (TPSA) is 0 Å². The van der Waals surface area contributed by atoms with Crippen molar-refractivity contribution >= 4 is 20.6 Å². The van der Waals surface area contributed by atoms with Gasteiger partial charge in [-0.1, -0.05) is 33.3 Å². The lowest BCUT2D eigenvalue weighted by molar-refractivity contribution is -0.0868. The molecule has 122 valence electrons. The highest BCUT2D eigenvalue weighted by Gasteiger charge is 2.50. The molecule has 0 N–H and O–H groups in total. The van der Waals surface area contributed by atoms with Crippen LogP contribution in [0.3, 0.4) is 0 Å². The van der Waals surface area contributed by atoms with Gasteiger partial charge in [0.25, 0.3) is 0 Å². The Morgan fingerprint density at radius 3 is 2.14 bits per heavy atom. The number of fused-ring (bicyclic) bond motifs is 1. The average Bonchev–Trinajstić information content (AvgIpc) is 2.61. The third kappa shape index (κ3) is 3.00. The molecule has 22 heavy (non-hydrogen) atoms. The number of rotatable bonds is 1. The van der Waals surface area contributed by atoms with Crippen LogP contribution in [0.25, 0.3) is 10.1 Å². The molecule has 1 aliphatic carbocycles. The first kappa shape index (κ1) is 17.6. The second-order valence-corrected chi connectivity index (χ2v) is 8.92. The van der Waals surface area contributed by atoms with Crippen LogP contribution in [-0.2, 0) is 10.9 Å². The first-order valence-electron chi connectivity index (χ1n) is 7.35. The molecule has 0 radical (unpaired) electrons. The monoisotopic (exact) mass is 348 g/mol. The van der Waals surface area contributed by atoms with Gasteiger partial charge in [-0.2, -0.15) is 0 Å². The molecule has 1 heterocycles. The van der Waals surface area contributed by atoms with Crippen LogP contribution in [-0.4, -0.2) is 0 Å². The van der Waals surface area contributed by atoms with Gasteiger partial charge in [0, 0.05) is 23.4 Å². The summed E-state index contributed by atoms with van der Waals surface area (Å²) in [5, 5.41) is 0.769. The molecule has 1 aromatic carbocycles. The maximum Gasteiger partial charge on any atom is 0.600 e. The van der Waals surface area contributed by atoms with Crippen LogP contribution < -0.4 is 12.4 Å². The molecule has 1 unspecified atom stereocenters. The summed E-state index contributed by atoms with van der Waals surface area (Å²) in [7, 11) is -1.72. The lowest BCUT2D eigenvalue weighted by Crippen LogP contribution is -3.00. The van der Waals surface area contributed by atoms with Gasteiger partial charge in [0.2, 0.25) is 0 Å². The lowest BCUT2D eigenvalue weighted by Gasteiger charge is -2.22. The zero-order valence-electron chi connectivity index (χ0n) is 12.9. The molecule has 5 heteroatoms. The van der Waals surface area contributed by atoms with E-state index >= 15 is 0 Å². The molecule has 1 atom stereocenters. The predicted molar refractivity (Wildman–Crippen MR) is 83.0 cm³/mol. The molecular weight excluding hydrogens is 329 g/mol. The Bertz CT molecular complexity index is 675. The Balaban J connectivity index is 0.00000176. The fourth-order valence-electron chi connectivity index (χ4n) is 2.87. The summed E-state index contributed by atoms with van der Waals surface area (Å²) in [5.41, 5.74) is -3.32. The minimum absolute atomic E-state index is 0. The van der Waals surface area contributed by atoms with E-state index in [1.165, 1.54) is 0 Å². The summed E-state index contributed by atoms with van der Waals surface area (Å²) in [6.45, 7) is 6.11. The van der Waals surface area contributed by atoms with E-state index in [0.29, 0.717) is 9.58 Å². The van der Waals surface area contributed by atoms with Crippen molar-refractivity contribution in [3.05, 3.63) is 34.7 Å². The van der Waals surface area contributed by atoms with Crippen molar-refractivity contribution in [3.63, 3.8) is 0 Å². The third-order valence-electron chi connectivity index (χ3n) is 4.37. The highest BCUT2D eigenvalue weighted by molar-refractivity contribution is 7.38. The number of thiophene rings is 1. The second-order valence-electron chi connectivity index (χ2n) is 6.93. The SMILES string of the molecule is CC(C)(C)c1ccc2cc(C3CCC3)[s+](C(F)(F)F)c2c1.[Cl-]. The van der Waals surface area contributed by atoms with Crippen molar-refractivity contribution in [2.45, 2.75) is 56.9 Å². The number of alkyl halides is 3. The van der Waals surface area contributed by atoms with E-state index in [1.54, 1.807) is 6.07 Å². The molecule has 0 saturated heterocycles. The zero-order chi connectivity index (χ0) is 15.4. The Kier molecular flexibility index (Phi) is 4.58. The second kappa shape index (κ2) is 5.72. The minimum atomic E-state index is -4.16. The van der Waals surface area contributed by atoms with E-state index in [9.17, 15) is 13.2 Å².